The quantitative estimate of drug-likeness (QED) is 0.545. The van der Waals surface area contributed by atoms with Gasteiger partial charge in [-0.2, -0.15) is 0 Å². The molecule has 5 heteroatoms. The molecule has 0 radical (unpaired) electrons. The molecule has 1 atom stereocenters. The molecule has 0 aromatic heterocycles. The van der Waals surface area contributed by atoms with Crippen molar-refractivity contribution in [3.63, 3.8) is 0 Å². The van der Waals surface area contributed by atoms with Gasteiger partial charge in [0.1, 0.15) is 0 Å². The standard InChI is InChI=1S/C13H22N2O3/c1-4-17-12-7-6-10(8-13(12)18-5-2)11(15-14)9-16-3/h6-8,11,15H,4-5,9,14H2,1-3H3. The minimum absolute atomic E-state index is 0.0649. The van der Waals surface area contributed by atoms with E-state index in [0.29, 0.717) is 19.8 Å². The normalized spacial score (nSPS) is 12.2. The molecule has 18 heavy (non-hydrogen) atoms. The summed E-state index contributed by atoms with van der Waals surface area (Å²) >= 11 is 0. The van der Waals surface area contributed by atoms with E-state index in [2.05, 4.69) is 5.43 Å². The Morgan fingerprint density at radius 2 is 1.83 bits per heavy atom. The van der Waals surface area contributed by atoms with Crippen molar-refractivity contribution in [3.05, 3.63) is 23.8 Å². The van der Waals surface area contributed by atoms with Gasteiger partial charge in [-0.25, -0.2) is 0 Å². The molecule has 102 valence electrons. The van der Waals surface area contributed by atoms with Crippen LogP contribution in [-0.4, -0.2) is 26.9 Å². The average molecular weight is 254 g/mol. The summed E-state index contributed by atoms with van der Waals surface area (Å²) in [5.41, 5.74) is 3.72. The highest BCUT2D eigenvalue weighted by atomic mass is 16.5. The van der Waals surface area contributed by atoms with Crippen molar-refractivity contribution < 1.29 is 14.2 Å². The zero-order chi connectivity index (χ0) is 13.4. The van der Waals surface area contributed by atoms with E-state index in [9.17, 15) is 0 Å². The highest BCUT2D eigenvalue weighted by Crippen LogP contribution is 2.30. The number of nitrogens with two attached hydrogens (primary N) is 1. The van der Waals surface area contributed by atoms with Crippen molar-refractivity contribution in [1.82, 2.24) is 5.43 Å². The van der Waals surface area contributed by atoms with Gasteiger partial charge < -0.3 is 14.2 Å². The van der Waals surface area contributed by atoms with Gasteiger partial charge in [-0.1, -0.05) is 6.07 Å². The van der Waals surface area contributed by atoms with Crippen molar-refractivity contribution in [3.8, 4) is 11.5 Å². The second-order valence-electron chi connectivity index (χ2n) is 3.75. The molecule has 0 bridgehead atoms. The van der Waals surface area contributed by atoms with E-state index in [1.165, 1.54) is 0 Å². The van der Waals surface area contributed by atoms with E-state index >= 15 is 0 Å². The lowest BCUT2D eigenvalue weighted by molar-refractivity contribution is 0.167. The second-order valence-corrected chi connectivity index (χ2v) is 3.75. The number of rotatable bonds is 8. The number of benzene rings is 1. The molecule has 3 N–H and O–H groups in total. The van der Waals surface area contributed by atoms with Gasteiger partial charge in [-0.05, 0) is 31.5 Å². The monoisotopic (exact) mass is 254 g/mol. The maximum absolute atomic E-state index is 5.57. The number of hydrazine groups is 1. The van der Waals surface area contributed by atoms with Crippen molar-refractivity contribution in [2.24, 2.45) is 5.84 Å². The number of nitrogens with one attached hydrogen (secondary N) is 1. The summed E-state index contributed by atoms with van der Waals surface area (Å²) in [6.07, 6.45) is 0. The minimum Gasteiger partial charge on any atom is -0.490 e. The zero-order valence-corrected chi connectivity index (χ0v) is 11.2. The van der Waals surface area contributed by atoms with Gasteiger partial charge in [0.2, 0.25) is 0 Å². The lowest BCUT2D eigenvalue weighted by Crippen LogP contribution is -2.31. The van der Waals surface area contributed by atoms with Crippen LogP contribution in [0.25, 0.3) is 0 Å². The third-order valence-electron chi connectivity index (χ3n) is 2.50. The Morgan fingerprint density at radius 3 is 2.39 bits per heavy atom. The fraction of sp³-hybridized carbons (Fsp3) is 0.538. The molecule has 5 nitrogen and oxygen atoms in total. The van der Waals surface area contributed by atoms with E-state index in [4.69, 9.17) is 20.1 Å². The molecule has 0 fully saturated rings. The molecule has 1 aromatic carbocycles. The average Bonchev–Trinajstić information content (AvgIpc) is 2.38. The van der Waals surface area contributed by atoms with Crippen LogP contribution in [0.2, 0.25) is 0 Å². The Bertz CT molecular complexity index is 358. The molecule has 0 heterocycles. The van der Waals surface area contributed by atoms with Gasteiger partial charge in [-0.15, -0.1) is 0 Å². The smallest absolute Gasteiger partial charge is 0.161 e. The highest BCUT2D eigenvalue weighted by molar-refractivity contribution is 5.44. The topological polar surface area (TPSA) is 65.7 Å². The first kappa shape index (κ1) is 14.8. The molecule has 1 unspecified atom stereocenters. The van der Waals surface area contributed by atoms with E-state index in [1.54, 1.807) is 7.11 Å². The summed E-state index contributed by atoms with van der Waals surface area (Å²) in [4.78, 5) is 0. The second kappa shape index (κ2) is 7.92. The van der Waals surface area contributed by atoms with Crippen LogP contribution in [0.3, 0.4) is 0 Å². The summed E-state index contributed by atoms with van der Waals surface area (Å²) in [7, 11) is 1.64. The molecular formula is C13H22N2O3. The third kappa shape index (κ3) is 3.87. The predicted octanol–water partition coefficient (Wildman–Crippen LogP) is 1.63. The predicted molar refractivity (Wildman–Crippen MR) is 70.7 cm³/mol. The highest BCUT2D eigenvalue weighted by Gasteiger charge is 2.13. The summed E-state index contributed by atoms with van der Waals surface area (Å²) < 4.78 is 16.2. The van der Waals surface area contributed by atoms with Gasteiger partial charge in [0.25, 0.3) is 0 Å². The van der Waals surface area contributed by atoms with Crippen molar-refractivity contribution in [1.29, 1.82) is 0 Å². The van der Waals surface area contributed by atoms with Gasteiger partial charge in [0.05, 0.1) is 25.9 Å². The molecule has 1 aromatic rings. The van der Waals surface area contributed by atoms with E-state index in [-0.39, 0.29) is 6.04 Å². The van der Waals surface area contributed by atoms with Gasteiger partial charge in [-0.3, -0.25) is 11.3 Å². The van der Waals surface area contributed by atoms with Gasteiger partial charge >= 0.3 is 0 Å². The van der Waals surface area contributed by atoms with Crippen LogP contribution < -0.4 is 20.7 Å². The first-order valence-corrected chi connectivity index (χ1v) is 6.11. The Kier molecular flexibility index (Phi) is 6.49. The van der Waals surface area contributed by atoms with E-state index in [1.807, 2.05) is 32.0 Å². The molecule has 1 rings (SSSR count). The van der Waals surface area contributed by atoms with Crippen LogP contribution in [0.1, 0.15) is 25.5 Å². The van der Waals surface area contributed by atoms with Crippen LogP contribution >= 0.6 is 0 Å². The first-order valence-electron chi connectivity index (χ1n) is 6.11. The molecule has 0 saturated carbocycles. The lowest BCUT2D eigenvalue weighted by Gasteiger charge is -2.18. The molecule has 0 aliphatic heterocycles. The SMILES string of the molecule is CCOc1ccc(C(COC)NN)cc1OCC. The van der Waals surface area contributed by atoms with Crippen molar-refractivity contribution in [2.45, 2.75) is 19.9 Å². The molecular weight excluding hydrogens is 232 g/mol. The van der Waals surface area contributed by atoms with Crippen molar-refractivity contribution >= 4 is 0 Å². The van der Waals surface area contributed by atoms with E-state index < -0.39 is 0 Å². The Labute approximate surface area is 108 Å². The molecule has 0 amide bonds. The molecule has 0 aliphatic rings. The molecule has 0 spiro atoms. The lowest BCUT2D eigenvalue weighted by atomic mass is 10.1. The fourth-order valence-corrected chi connectivity index (χ4v) is 1.69. The van der Waals surface area contributed by atoms with Gasteiger partial charge in [0.15, 0.2) is 11.5 Å². The fourth-order valence-electron chi connectivity index (χ4n) is 1.69. The summed E-state index contributed by atoms with van der Waals surface area (Å²) in [6.45, 7) is 5.58. The number of ether oxygens (including phenoxy) is 3. The van der Waals surface area contributed by atoms with Gasteiger partial charge in [0, 0.05) is 7.11 Å². The third-order valence-corrected chi connectivity index (χ3v) is 2.50. The molecule has 0 saturated heterocycles. The molecule has 0 aliphatic carbocycles. The largest absolute Gasteiger partial charge is 0.490 e. The maximum atomic E-state index is 5.57. The number of methoxy groups -OCH3 is 1. The van der Waals surface area contributed by atoms with Crippen LogP contribution in [-0.2, 0) is 4.74 Å². The number of hydrogen-bond donors (Lipinski definition) is 2. The van der Waals surface area contributed by atoms with Crippen molar-refractivity contribution in [2.75, 3.05) is 26.9 Å². The van der Waals surface area contributed by atoms with Crippen LogP contribution in [0, 0.1) is 0 Å². The summed E-state index contributed by atoms with van der Waals surface area (Å²) in [6, 6.07) is 5.71. The van der Waals surface area contributed by atoms with Crippen LogP contribution in [0.4, 0.5) is 0 Å². The minimum atomic E-state index is -0.0649. The number of hydrogen-bond acceptors (Lipinski definition) is 5. The Morgan fingerprint density at radius 1 is 1.17 bits per heavy atom. The van der Waals surface area contributed by atoms with Crippen LogP contribution in [0.15, 0.2) is 18.2 Å². The first-order chi connectivity index (χ1) is 8.76. The van der Waals surface area contributed by atoms with E-state index in [0.717, 1.165) is 17.1 Å². The maximum Gasteiger partial charge on any atom is 0.161 e. The van der Waals surface area contributed by atoms with Crippen LogP contribution in [0.5, 0.6) is 11.5 Å². The Hall–Kier alpha value is -1.30. The Balaban J connectivity index is 2.96. The summed E-state index contributed by atoms with van der Waals surface area (Å²) in [5, 5.41) is 0. The summed E-state index contributed by atoms with van der Waals surface area (Å²) in [5.74, 6) is 6.99. The zero-order valence-electron chi connectivity index (χ0n) is 11.2.